The number of nitro groups is 1. The van der Waals surface area contributed by atoms with Crippen molar-refractivity contribution in [1.82, 2.24) is 5.32 Å². The van der Waals surface area contributed by atoms with Gasteiger partial charge in [-0.25, -0.2) is 4.79 Å². The number of benzene rings is 2. The quantitative estimate of drug-likeness (QED) is 0.484. The van der Waals surface area contributed by atoms with Crippen molar-refractivity contribution in [1.29, 1.82) is 0 Å². The molecule has 1 atom stereocenters. The normalized spacial score (nSPS) is 11.4. The van der Waals surface area contributed by atoms with Gasteiger partial charge in [-0.05, 0) is 24.3 Å². The number of nitrogens with one attached hydrogen (secondary N) is 1. The summed E-state index contributed by atoms with van der Waals surface area (Å²) in [6.07, 6.45) is -0.0663. The smallest absolute Gasteiger partial charge is 0.328 e. The van der Waals surface area contributed by atoms with Crippen LogP contribution >= 0.6 is 11.6 Å². The number of methoxy groups -OCH3 is 1. The van der Waals surface area contributed by atoms with Gasteiger partial charge in [-0.15, -0.1) is 0 Å². The molecule has 1 amide bonds. The first kappa shape index (κ1) is 18.4. The third-order valence-corrected chi connectivity index (χ3v) is 3.76. The van der Waals surface area contributed by atoms with Crippen LogP contribution in [0.1, 0.15) is 15.9 Å². The first-order chi connectivity index (χ1) is 11.9. The van der Waals surface area contributed by atoms with E-state index in [9.17, 15) is 19.7 Å². The minimum absolute atomic E-state index is 0.0663. The van der Waals surface area contributed by atoms with E-state index < -0.39 is 22.8 Å². The topological polar surface area (TPSA) is 98.5 Å². The number of amides is 1. The molecule has 0 saturated heterocycles. The molecular weight excluding hydrogens is 348 g/mol. The highest BCUT2D eigenvalue weighted by molar-refractivity contribution is 6.30. The number of halogens is 1. The second kappa shape index (κ2) is 8.25. The Morgan fingerprint density at radius 2 is 1.84 bits per heavy atom. The summed E-state index contributed by atoms with van der Waals surface area (Å²) in [6, 6.07) is 11.1. The maximum absolute atomic E-state index is 12.3. The number of ether oxygens (including phenoxy) is 1. The Morgan fingerprint density at radius 3 is 2.44 bits per heavy atom. The number of nitrogens with zero attached hydrogens (tertiary/aromatic N) is 1. The lowest BCUT2D eigenvalue weighted by atomic mass is 10.0. The number of esters is 1. The summed E-state index contributed by atoms with van der Waals surface area (Å²) in [5, 5.41) is 14.1. The van der Waals surface area contributed by atoms with Crippen LogP contribution in [0.4, 0.5) is 5.69 Å². The Morgan fingerprint density at radius 1 is 1.20 bits per heavy atom. The molecule has 0 aliphatic carbocycles. The summed E-state index contributed by atoms with van der Waals surface area (Å²) >= 11 is 5.78. The van der Waals surface area contributed by atoms with Crippen molar-refractivity contribution in [3.05, 3.63) is 74.8 Å². The summed E-state index contributed by atoms with van der Waals surface area (Å²) in [5.74, 6) is -1.20. The molecule has 0 aliphatic heterocycles. The molecule has 0 radical (unpaired) electrons. The van der Waals surface area contributed by atoms with E-state index in [0.29, 0.717) is 16.1 Å². The fourth-order valence-corrected chi connectivity index (χ4v) is 2.39. The summed E-state index contributed by atoms with van der Waals surface area (Å²) in [7, 11) is 1.18. The van der Waals surface area contributed by atoms with Crippen LogP contribution in [-0.4, -0.2) is 30.0 Å². The number of carbonyl (C=O) groups excluding carboxylic acids is 2. The molecule has 0 saturated carbocycles. The number of hydrogen-bond donors (Lipinski definition) is 1. The van der Waals surface area contributed by atoms with E-state index in [0.717, 1.165) is 0 Å². The molecule has 2 aromatic rings. The Kier molecular flexibility index (Phi) is 6.08. The molecular formula is C17H15ClN2O5. The number of hydrogen-bond acceptors (Lipinski definition) is 5. The van der Waals surface area contributed by atoms with Gasteiger partial charge in [0, 0.05) is 28.6 Å². The lowest BCUT2D eigenvalue weighted by Crippen LogP contribution is -2.43. The van der Waals surface area contributed by atoms with Gasteiger partial charge >= 0.3 is 5.97 Å². The van der Waals surface area contributed by atoms with Gasteiger partial charge in [0.2, 0.25) is 0 Å². The minimum atomic E-state index is -1.06. The Balaban J connectivity index is 2.22. The van der Waals surface area contributed by atoms with Gasteiger partial charge in [0.25, 0.3) is 11.6 Å². The molecule has 7 nitrogen and oxygen atoms in total. The molecule has 1 N–H and O–H groups in total. The monoisotopic (exact) mass is 362 g/mol. The molecule has 0 aromatic heterocycles. The lowest BCUT2D eigenvalue weighted by Gasteiger charge is -2.16. The average molecular weight is 363 g/mol. The van der Waals surface area contributed by atoms with Gasteiger partial charge in [0.05, 0.1) is 12.0 Å². The second-order valence-electron chi connectivity index (χ2n) is 5.15. The third kappa shape index (κ3) is 4.77. The van der Waals surface area contributed by atoms with Crippen molar-refractivity contribution >= 4 is 29.2 Å². The molecule has 0 spiro atoms. The summed E-state index contributed by atoms with van der Waals surface area (Å²) in [6.45, 7) is 0. The molecule has 130 valence electrons. The van der Waals surface area contributed by atoms with Crippen LogP contribution in [0.5, 0.6) is 0 Å². The van der Waals surface area contributed by atoms with E-state index >= 15 is 0 Å². The van der Waals surface area contributed by atoms with Crippen molar-refractivity contribution in [3.63, 3.8) is 0 Å². The number of para-hydroxylation sites is 1. The highest BCUT2D eigenvalue weighted by atomic mass is 35.5. The molecule has 2 aromatic carbocycles. The fourth-order valence-electron chi connectivity index (χ4n) is 2.26. The van der Waals surface area contributed by atoms with Gasteiger partial charge in [-0.1, -0.05) is 29.8 Å². The van der Waals surface area contributed by atoms with E-state index in [-0.39, 0.29) is 12.1 Å². The zero-order valence-corrected chi connectivity index (χ0v) is 14.0. The van der Waals surface area contributed by atoms with Gasteiger partial charge in [0.15, 0.2) is 0 Å². The van der Waals surface area contributed by atoms with Gasteiger partial charge in [-0.2, -0.15) is 0 Å². The van der Waals surface area contributed by atoms with E-state index in [1.807, 2.05) is 0 Å². The molecule has 0 fully saturated rings. The van der Waals surface area contributed by atoms with Crippen molar-refractivity contribution < 1.29 is 19.2 Å². The molecule has 0 unspecified atom stereocenters. The van der Waals surface area contributed by atoms with Gasteiger partial charge in [0.1, 0.15) is 6.04 Å². The van der Waals surface area contributed by atoms with Crippen LogP contribution in [0.15, 0.2) is 48.5 Å². The zero-order chi connectivity index (χ0) is 18.4. The number of rotatable bonds is 6. The van der Waals surface area contributed by atoms with Crippen molar-refractivity contribution in [3.8, 4) is 0 Å². The molecule has 0 aliphatic rings. The first-order valence-corrected chi connectivity index (χ1v) is 7.66. The molecule has 2 rings (SSSR count). The Bertz CT molecular complexity index is 792. The molecule has 0 bridgehead atoms. The van der Waals surface area contributed by atoms with Crippen LogP contribution < -0.4 is 5.32 Å². The number of nitro benzene ring substituents is 1. The lowest BCUT2D eigenvalue weighted by molar-refractivity contribution is -0.385. The van der Waals surface area contributed by atoms with Crippen molar-refractivity contribution in [2.24, 2.45) is 0 Å². The molecule has 25 heavy (non-hydrogen) atoms. The van der Waals surface area contributed by atoms with Crippen molar-refractivity contribution in [2.45, 2.75) is 12.5 Å². The summed E-state index contributed by atoms with van der Waals surface area (Å²) in [4.78, 5) is 34.9. The number of carbonyl (C=O) groups is 2. The summed E-state index contributed by atoms with van der Waals surface area (Å²) in [5.41, 5.74) is 0.498. The average Bonchev–Trinajstić information content (AvgIpc) is 2.61. The summed E-state index contributed by atoms with van der Waals surface area (Å²) < 4.78 is 4.70. The van der Waals surface area contributed by atoms with E-state index in [2.05, 4.69) is 5.32 Å². The predicted octanol–water partition coefficient (Wildman–Crippen LogP) is 2.76. The fraction of sp³-hybridized carbons (Fsp3) is 0.176. The highest BCUT2D eigenvalue weighted by Gasteiger charge is 2.25. The largest absolute Gasteiger partial charge is 0.467 e. The van der Waals surface area contributed by atoms with Gasteiger partial charge in [-0.3, -0.25) is 14.9 Å². The SMILES string of the molecule is COC(=O)[C@H](Cc1ccccc1[N+](=O)[O-])NC(=O)c1ccc(Cl)cc1. The highest BCUT2D eigenvalue weighted by Crippen LogP contribution is 2.20. The van der Waals surface area contributed by atoms with Crippen LogP contribution in [0.25, 0.3) is 0 Å². The van der Waals surface area contributed by atoms with E-state index in [1.165, 1.54) is 37.4 Å². The predicted molar refractivity (Wildman–Crippen MR) is 91.5 cm³/mol. The van der Waals surface area contributed by atoms with Gasteiger partial charge < -0.3 is 10.1 Å². The van der Waals surface area contributed by atoms with Crippen LogP contribution in [0.2, 0.25) is 5.02 Å². The van der Waals surface area contributed by atoms with E-state index in [4.69, 9.17) is 16.3 Å². The van der Waals surface area contributed by atoms with Crippen LogP contribution in [0.3, 0.4) is 0 Å². The zero-order valence-electron chi connectivity index (χ0n) is 13.3. The first-order valence-electron chi connectivity index (χ1n) is 7.29. The standard InChI is InChI=1S/C17H15ClN2O5/c1-25-17(22)14(10-12-4-2-3-5-15(12)20(23)24)19-16(21)11-6-8-13(18)9-7-11/h2-9,14H,10H2,1H3,(H,19,21)/t14-/m0/s1. The maximum atomic E-state index is 12.3. The van der Waals surface area contributed by atoms with Crippen LogP contribution in [0, 0.1) is 10.1 Å². The van der Waals surface area contributed by atoms with Crippen molar-refractivity contribution in [2.75, 3.05) is 7.11 Å². The second-order valence-corrected chi connectivity index (χ2v) is 5.58. The Hall–Kier alpha value is -2.93. The minimum Gasteiger partial charge on any atom is -0.467 e. The molecule has 0 heterocycles. The van der Waals surface area contributed by atoms with E-state index in [1.54, 1.807) is 18.2 Å². The third-order valence-electron chi connectivity index (χ3n) is 3.51. The maximum Gasteiger partial charge on any atom is 0.328 e. The van der Waals surface area contributed by atoms with Crippen LogP contribution in [-0.2, 0) is 16.0 Å². The Labute approximate surface area is 148 Å². The molecule has 8 heteroatoms.